The number of nitriles is 1. The lowest BCUT2D eigenvalue weighted by molar-refractivity contribution is -0.122. The van der Waals surface area contributed by atoms with Crippen LogP contribution in [0.4, 0.5) is 0 Å². The van der Waals surface area contributed by atoms with Crippen LogP contribution < -0.4 is 5.73 Å². The van der Waals surface area contributed by atoms with Crippen molar-refractivity contribution in [3.63, 3.8) is 0 Å². The van der Waals surface area contributed by atoms with E-state index in [9.17, 15) is 13.2 Å². The average Bonchev–Trinajstić information content (AvgIpc) is 2.46. The number of halogens is 1. The van der Waals surface area contributed by atoms with Crippen molar-refractivity contribution in [1.82, 2.24) is 4.31 Å². The van der Waals surface area contributed by atoms with Gasteiger partial charge >= 0.3 is 0 Å². The van der Waals surface area contributed by atoms with Crippen molar-refractivity contribution in [2.45, 2.75) is 17.7 Å². The van der Waals surface area contributed by atoms with Crippen molar-refractivity contribution in [1.29, 1.82) is 5.26 Å². The van der Waals surface area contributed by atoms with Gasteiger partial charge in [0.05, 0.1) is 16.7 Å². The highest BCUT2D eigenvalue weighted by atomic mass is 35.5. The lowest BCUT2D eigenvalue weighted by atomic mass is 9.98. The summed E-state index contributed by atoms with van der Waals surface area (Å²) in [6, 6.07) is 5.97. The Balaban J connectivity index is 2.24. The van der Waals surface area contributed by atoms with E-state index in [1.807, 2.05) is 6.07 Å². The summed E-state index contributed by atoms with van der Waals surface area (Å²) in [6.07, 6.45) is 0.810. The molecule has 0 bridgehead atoms. The summed E-state index contributed by atoms with van der Waals surface area (Å²) in [5, 5.41) is 8.79. The van der Waals surface area contributed by atoms with E-state index < -0.39 is 15.9 Å². The van der Waals surface area contributed by atoms with Gasteiger partial charge < -0.3 is 5.73 Å². The first-order valence-electron chi connectivity index (χ1n) is 6.35. The van der Waals surface area contributed by atoms with Crippen LogP contribution in [-0.2, 0) is 14.8 Å². The van der Waals surface area contributed by atoms with E-state index in [1.54, 1.807) is 0 Å². The van der Waals surface area contributed by atoms with Gasteiger partial charge in [0, 0.05) is 19.0 Å². The quantitative estimate of drug-likeness (QED) is 0.897. The summed E-state index contributed by atoms with van der Waals surface area (Å²) in [4.78, 5) is 11.1. The number of carbonyl (C=O) groups excluding carboxylic acids is 1. The van der Waals surface area contributed by atoms with Gasteiger partial charge in [-0.15, -0.1) is 0 Å². The second kappa shape index (κ2) is 6.02. The molecule has 1 aliphatic rings. The first-order valence-corrected chi connectivity index (χ1v) is 8.17. The van der Waals surface area contributed by atoms with Crippen LogP contribution >= 0.6 is 11.6 Å². The maximum Gasteiger partial charge on any atom is 0.244 e. The van der Waals surface area contributed by atoms with Gasteiger partial charge in [-0.25, -0.2) is 8.42 Å². The minimum atomic E-state index is -3.73. The Labute approximate surface area is 128 Å². The summed E-state index contributed by atoms with van der Waals surface area (Å²) >= 11 is 5.96. The molecule has 1 amide bonds. The van der Waals surface area contributed by atoms with E-state index in [-0.39, 0.29) is 28.9 Å². The Bertz CT molecular complexity index is 704. The van der Waals surface area contributed by atoms with Crippen molar-refractivity contribution < 1.29 is 13.2 Å². The van der Waals surface area contributed by atoms with Gasteiger partial charge in [-0.05, 0) is 31.0 Å². The number of primary amides is 1. The van der Waals surface area contributed by atoms with Crippen molar-refractivity contribution in [2.24, 2.45) is 11.7 Å². The third-order valence-electron chi connectivity index (χ3n) is 3.54. The fraction of sp³-hybridized carbons (Fsp3) is 0.385. The molecular weight excluding hydrogens is 314 g/mol. The highest BCUT2D eigenvalue weighted by Crippen LogP contribution is 2.28. The van der Waals surface area contributed by atoms with E-state index >= 15 is 0 Å². The third-order valence-corrected chi connectivity index (χ3v) is 5.92. The zero-order chi connectivity index (χ0) is 15.6. The maximum atomic E-state index is 12.5. The molecule has 21 heavy (non-hydrogen) atoms. The molecule has 0 aliphatic carbocycles. The van der Waals surface area contributed by atoms with Gasteiger partial charge in [0.15, 0.2) is 0 Å². The molecule has 0 aromatic heterocycles. The molecule has 1 fully saturated rings. The molecule has 0 saturated carbocycles. The normalized spacial score (nSPS) is 17.3. The summed E-state index contributed by atoms with van der Waals surface area (Å²) in [6.45, 7) is 0.457. The summed E-state index contributed by atoms with van der Waals surface area (Å²) in [7, 11) is -3.73. The molecule has 0 spiro atoms. The van der Waals surface area contributed by atoms with Crippen LogP contribution in [0.15, 0.2) is 23.1 Å². The fourth-order valence-electron chi connectivity index (χ4n) is 2.30. The second-order valence-electron chi connectivity index (χ2n) is 4.84. The number of benzene rings is 1. The molecule has 2 N–H and O–H groups in total. The molecular formula is C13H14ClN3O3S. The monoisotopic (exact) mass is 327 g/mol. The molecule has 0 atom stereocenters. The highest BCUT2D eigenvalue weighted by Gasteiger charge is 2.32. The van der Waals surface area contributed by atoms with Crippen LogP contribution in [0, 0.1) is 17.2 Å². The standard InChI is InChI=1S/C13H14ClN3O3S/c14-11-7-9(8-15)1-2-12(11)21(19,20)17-5-3-10(4-6-17)13(16)18/h1-2,7,10H,3-6H2,(H2,16,18). The molecule has 1 aromatic rings. The minimum Gasteiger partial charge on any atom is -0.369 e. The van der Waals surface area contributed by atoms with Gasteiger partial charge in [-0.1, -0.05) is 11.6 Å². The number of sulfonamides is 1. The molecule has 1 saturated heterocycles. The van der Waals surface area contributed by atoms with E-state index in [0.717, 1.165) is 0 Å². The van der Waals surface area contributed by atoms with Gasteiger partial charge in [0.2, 0.25) is 15.9 Å². The van der Waals surface area contributed by atoms with Crippen LogP contribution in [0.2, 0.25) is 5.02 Å². The SMILES string of the molecule is N#Cc1ccc(S(=O)(=O)N2CCC(C(N)=O)CC2)c(Cl)c1. The van der Waals surface area contributed by atoms with E-state index in [0.29, 0.717) is 18.4 Å². The van der Waals surface area contributed by atoms with Crippen LogP contribution in [0.1, 0.15) is 18.4 Å². The highest BCUT2D eigenvalue weighted by molar-refractivity contribution is 7.89. The summed E-state index contributed by atoms with van der Waals surface area (Å²) in [5.41, 5.74) is 5.53. The summed E-state index contributed by atoms with van der Waals surface area (Å²) in [5.74, 6) is -0.684. The van der Waals surface area contributed by atoms with Crippen LogP contribution in [0.25, 0.3) is 0 Å². The zero-order valence-corrected chi connectivity index (χ0v) is 12.7. The Kier molecular flexibility index (Phi) is 4.52. The van der Waals surface area contributed by atoms with Crippen LogP contribution in [-0.4, -0.2) is 31.7 Å². The molecule has 1 aromatic carbocycles. The molecule has 1 aliphatic heterocycles. The predicted molar refractivity (Wildman–Crippen MR) is 76.8 cm³/mol. The van der Waals surface area contributed by atoms with Crippen molar-refractivity contribution >= 4 is 27.5 Å². The number of hydrogen-bond donors (Lipinski definition) is 1. The van der Waals surface area contributed by atoms with Crippen molar-refractivity contribution in [3.8, 4) is 6.07 Å². The van der Waals surface area contributed by atoms with Gasteiger partial charge in [-0.3, -0.25) is 4.79 Å². The number of nitrogens with zero attached hydrogens (tertiary/aromatic N) is 2. The molecule has 8 heteroatoms. The maximum absolute atomic E-state index is 12.5. The Morgan fingerprint density at radius 3 is 2.48 bits per heavy atom. The lowest BCUT2D eigenvalue weighted by Gasteiger charge is -2.29. The van der Waals surface area contributed by atoms with Crippen molar-refractivity contribution in [2.75, 3.05) is 13.1 Å². The first-order chi connectivity index (χ1) is 9.86. The summed E-state index contributed by atoms with van der Waals surface area (Å²) < 4.78 is 26.3. The lowest BCUT2D eigenvalue weighted by Crippen LogP contribution is -2.41. The third kappa shape index (κ3) is 3.18. The topological polar surface area (TPSA) is 104 Å². The molecule has 6 nitrogen and oxygen atoms in total. The van der Waals surface area contributed by atoms with E-state index in [4.69, 9.17) is 22.6 Å². The van der Waals surface area contributed by atoms with Gasteiger partial charge in [0.1, 0.15) is 4.90 Å². The van der Waals surface area contributed by atoms with Crippen LogP contribution in [0.5, 0.6) is 0 Å². The largest absolute Gasteiger partial charge is 0.369 e. The Morgan fingerprint density at radius 2 is 2.00 bits per heavy atom. The fourth-order valence-corrected chi connectivity index (χ4v) is 4.29. The molecule has 2 rings (SSSR count). The van der Waals surface area contributed by atoms with Crippen LogP contribution in [0.3, 0.4) is 0 Å². The van der Waals surface area contributed by atoms with E-state index in [1.165, 1.54) is 22.5 Å². The first kappa shape index (κ1) is 15.8. The smallest absolute Gasteiger partial charge is 0.244 e. The second-order valence-corrected chi connectivity index (χ2v) is 7.15. The average molecular weight is 328 g/mol. The molecule has 1 heterocycles. The Morgan fingerprint density at radius 1 is 1.38 bits per heavy atom. The number of amides is 1. The number of rotatable bonds is 3. The number of nitrogens with two attached hydrogens (primary N) is 1. The number of hydrogen-bond acceptors (Lipinski definition) is 4. The number of piperidine rings is 1. The predicted octanol–water partition coefficient (Wildman–Crippen LogP) is 1.10. The molecule has 0 radical (unpaired) electrons. The molecule has 112 valence electrons. The van der Waals surface area contributed by atoms with Gasteiger partial charge in [-0.2, -0.15) is 9.57 Å². The minimum absolute atomic E-state index is 0.0195. The van der Waals surface area contributed by atoms with Crippen molar-refractivity contribution in [3.05, 3.63) is 28.8 Å². The van der Waals surface area contributed by atoms with E-state index in [2.05, 4.69) is 0 Å². The zero-order valence-electron chi connectivity index (χ0n) is 11.1. The number of carbonyl (C=O) groups is 1. The molecule has 0 unspecified atom stereocenters. The Hall–Kier alpha value is -1.62. The van der Waals surface area contributed by atoms with Gasteiger partial charge in [0.25, 0.3) is 0 Å².